The maximum atomic E-state index is 11.0. The number of benzene rings is 2. The fraction of sp³-hybridized carbons (Fsp3) is 0.143. The summed E-state index contributed by atoms with van der Waals surface area (Å²) in [6.45, 7) is 0.0981. The van der Waals surface area contributed by atoms with Crippen molar-refractivity contribution in [3.05, 3.63) is 68.7 Å². The van der Waals surface area contributed by atoms with Crippen molar-refractivity contribution >= 4 is 33.2 Å². The highest BCUT2D eigenvalue weighted by atomic mass is 79.9. The smallest absolute Gasteiger partial charge is 0.276 e. The molecule has 0 amide bonds. The van der Waals surface area contributed by atoms with Crippen molar-refractivity contribution in [3.8, 4) is 5.75 Å². The Morgan fingerprint density at radius 3 is 2.65 bits per heavy atom. The van der Waals surface area contributed by atoms with Gasteiger partial charge in [-0.05, 0) is 18.2 Å². The van der Waals surface area contributed by atoms with E-state index >= 15 is 0 Å². The van der Waals surface area contributed by atoms with Crippen LogP contribution in [0, 0.1) is 10.1 Å². The van der Waals surface area contributed by atoms with Gasteiger partial charge in [-0.15, -0.1) is 0 Å². The Kier molecular flexibility index (Phi) is 4.98. The van der Waals surface area contributed by atoms with Gasteiger partial charge in [-0.3, -0.25) is 10.1 Å². The second-order valence-electron chi connectivity index (χ2n) is 4.06. The topological polar surface area (TPSA) is 52.4 Å². The zero-order chi connectivity index (χ0) is 14.5. The maximum absolute atomic E-state index is 11.0. The molecule has 0 atom stereocenters. The first-order valence-corrected chi connectivity index (χ1v) is 7.31. The molecule has 0 aliphatic rings. The molecule has 0 aliphatic carbocycles. The van der Waals surface area contributed by atoms with Gasteiger partial charge in [0.25, 0.3) is 5.69 Å². The van der Waals surface area contributed by atoms with Gasteiger partial charge in [-0.2, -0.15) is 0 Å². The summed E-state index contributed by atoms with van der Waals surface area (Å²) in [5.74, 6) is 0.693. The average molecular weight is 357 g/mol. The van der Waals surface area contributed by atoms with Gasteiger partial charge in [0.1, 0.15) is 12.4 Å². The van der Waals surface area contributed by atoms with Gasteiger partial charge < -0.3 is 4.74 Å². The Morgan fingerprint density at radius 2 is 1.95 bits per heavy atom. The van der Waals surface area contributed by atoms with Crippen LogP contribution in [0.25, 0.3) is 0 Å². The third-order valence-corrected chi connectivity index (χ3v) is 3.58. The minimum Gasteiger partial charge on any atom is -0.488 e. The van der Waals surface area contributed by atoms with Crippen LogP contribution in [0.5, 0.6) is 5.75 Å². The molecule has 6 heteroatoms. The molecule has 0 unspecified atom stereocenters. The lowest BCUT2D eigenvalue weighted by Gasteiger charge is -2.10. The summed E-state index contributed by atoms with van der Waals surface area (Å²) in [7, 11) is 0. The van der Waals surface area contributed by atoms with E-state index < -0.39 is 4.92 Å². The Balaban J connectivity index is 2.22. The highest BCUT2D eigenvalue weighted by molar-refractivity contribution is 9.08. The SMILES string of the molecule is O=[N+]([O-])c1ccc(Cl)cc1COc1ccccc1CBr. The van der Waals surface area contributed by atoms with E-state index in [1.807, 2.05) is 24.3 Å². The molecule has 0 saturated carbocycles. The van der Waals surface area contributed by atoms with Crippen molar-refractivity contribution in [1.82, 2.24) is 0 Å². The Morgan fingerprint density at radius 1 is 1.20 bits per heavy atom. The quantitative estimate of drug-likeness (QED) is 0.442. The molecule has 0 radical (unpaired) electrons. The molecule has 104 valence electrons. The van der Waals surface area contributed by atoms with Crippen molar-refractivity contribution in [1.29, 1.82) is 0 Å². The van der Waals surface area contributed by atoms with E-state index in [0.717, 1.165) is 5.56 Å². The molecule has 0 bridgehead atoms. The molecule has 2 aromatic rings. The van der Waals surface area contributed by atoms with Crippen LogP contribution in [-0.2, 0) is 11.9 Å². The average Bonchev–Trinajstić information content (AvgIpc) is 2.45. The summed E-state index contributed by atoms with van der Waals surface area (Å²) >= 11 is 9.25. The van der Waals surface area contributed by atoms with Gasteiger partial charge >= 0.3 is 0 Å². The molecular weight excluding hydrogens is 346 g/mol. The lowest BCUT2D eigenvalue weighted by molar-refractivity contribution is -0.385. The number of nitro groups is 1. The predicted octanol–water partition coefficient (Wildman–Crippen LogP) is 4.72. The maximum Gasteiger partial charge on any atom is 0.276 e. The van der Waals surface area contributed by atoms with E-state index in [9.17, 15) is 10.1 Å². The summed E-state index contributed by atoms with van der Waals surface area (Å²) < 4.78 is 5.67. The molecule has 0 N–H and O–H groups in total. The molecule has 0 aromatic heterocycles. The van der Waals surface area contributed by atoms with Gasteiger partial charge in [0.15, 0.2) is 0 Å². The van der Waals surface area contributed by atoms with Crippen LogP contribution >= 0.6 is 27.5 Å². The molecule has 0 heterocycles. The van der Waals surface area contributed by atoms with E-state index in [-0.39, 0.29) is 12.3 Å². The summed E-state index contributed by atoms with van der Waals surface area (Å²) in [5.41, 5.74) is 1.44. The Labute approximate surface area is 129 Å². The van der Waals surface area contributed by atoms with Crippen LogP contribution in [0.4, 0.5) is 5.69 Å². The third-order valence-electron chi connectivity index (χ3n) is 2.74. The van der Waals surface area contributed by atoms with E-state index in [1.165, 1.54) is 12.1 Å². The van der Waals surface area contributed by atoms with Gasteiger partial charge in [0.05, 0.1) is 10.5 Å². The molecule has 2 rings (SSSR count). The van der Waals surface area contributed by atoms with E-state index in [0.29, 0.717) is 21.7 Å². The first kappa shape index (κ1) is 14.8. The van der Waals surface area contributed by atoms with Gasteiger partial charge in [-0.25, -0.2) is 0 Å². The minimum atomic E-state index is -0.439. The zero-order valence-corrected chi connectivity index (χ0v) is 12.7. The fourth-order valence-electron chi connectivity index (χ4n) is 1.76. The summed E-state index contributed by atoms with van der Waals surface area (Å²) in [4.78, 5) is 10.5. The van der Waals surface area contributed by atoms with Crippen LogP contribution in [0.15, 0.2) is 42.5 Å². The Hall–Kier alpha value is -1.59. The van der Waals surface area contributed by atoms with Crippen molar-refractivity contribution < 1.29 is 9.66 Å². The predicted molar refractivity (Wildman–Crippen MR) is 81.5 cm³/mol. The van der Waals surface area contributed by atoms with Crippen LogP contribution < -0.4 is 4.74 Å². The van der Waals surface area contributed by atoms with E-state index in [1.54, 1.807) is 6.07 Å². The highest BCUT2D eigenvalue weighted by Gasteiger charge is 2.14. The second kappa shape index (κ2) is 6.72. The normalized spacial score (nSPS) is 10.3. The highest BCUT2D eigenvalue weighted by Crippen LogP contribution is 2.26. The number of rotatable bonds is 5. The molecule has 0 aliphatic heterocycles. The fourth-order valence-corrected chi connectivity index (χ4v) is 2.42. The molecule has 20 heavy (non-hydrogen) atoms. The monoisotopic (exact) mass is 355 g/mol. The lowest BCUT2D eigenvalue weighted by Crippen LogP contribution is -2.01. The molecule has 0 saturated heterocycles. The first-order valence-electron chi connectivity index (χ1n) is 5.81. The molecule has 4 nitrogen and oxygen atoms in total. The number of para-hydroxylation sites is 1. The molecule has 0 spiro atoms. The van der Waals surface area contributed by atoms with Crippen LogP contribution in [0.1, 0.15) is 11.1 Å². The van der Waals surface area contributed by atoms with Crippen molar-refractivity contribution in [3.63, 3.8) is 0 Å². The third kappa shape index (κ3) is 3.49. The van der Waals surface area contributed by atoms with Gasteiger partial charge in [0, 0.05) is 22.0 Å². The van der Waals surface area contributed by atoms with Crippen LogP contribution in [0.2, 0.25) is 5.02 Å². The van der Waals surface area contributed by atoms with Gasteiger partial charge in [0.2, 0.25) is 0 Å². The van der Waals surface area contributed by atoms with Crippen molar-refractivity contribution in [2.75, 3.05) is 0 Å². The van der Waals surface area contributed by atoms with Crippen molar-refractivity contribution in [2.45, 2.75) is 11.9 Å². The summed E-state index contributed by atoms with van der Waals surface area (Å²) in [6.07, 6.45) is 0. The number of hydrogen-bond donors (Lipinski definition) is 0. The number of ether oxygens (including phenoxy) is 1. The van der Waals surface area contributed by atoms with E-state index in [4.69, 9.17) is 16.3 Å². The lowest BCUT2D eigenvalue weighted by atomic mass is 10.2. The largest absolute Gasteiger partial charge is 0.488 e. The molecular formula is C14H11BrClNO3. The molecule has 2 aromatic carbocycles. The number of nitrogens with zero attached hydrogens (tertiary/aromatic N) is 1. The van der Waals surface area contributed by atoms with Crippen LogP contribution in [-0.4, -0.2) is 4.92 Å². The first-order chi connectivity index (χ1) is 9.61. The number of hydrogen-bond acceptors (Lipinski definition) is 3. The zero-order valence-electron chi connectivity index (χ0n) is 10.4. The molecule has 0 fully saturated rings. The Bertz CT molecular complexity index is 634. The minimum absolute atomic E-state index is 0.00530. The summed E-state index contributed by atoms with van der Waals surface area (Å²) in [6, 6.07) is 12.0. The van der Waals surface area contributed by atoms with Crippen molar-refractivity contribution in [2.24, 2.45) is 0 Å². The number of alkyl halides is 1. The summed E-state index contributed by atoms with van der Waals surface area (Å²) in [5, 5.41) is 12.1. The number of nitro benzene ring substituents is 1. The standard InChI is InChI=1S/C14H11BrClNO3/c15-8-10-3-1-2-4-14(10)20-9-11-7-12(16)5-6-13(11)17(18)19/h1-7H,8-9H2. The van der Waals surface area contributed by atoms with E-state index in [2.05, 4.69) is 15.9 Å². The number of halogens is 2. The van der Waals surface area contributed by atoms with Gasteiger partial charge in [-0.1, -0.05) is 45.7 Å². The van der Waals surface area contributed by atoms with Crippen LogP contribution in [0.3, 0.4) is 0 Å². The second-order valence-corrected chi connectivity index (χ2v) is 5.06.